The molecule has 5 aromatic rings. The van der Waals surface area contributed by atoms with Gasteiger partial charge in [-0.25, -0.2) is 4.98 Å². The molecule has 5 nitrogen and oxygen atoms in total. The second-order valence-electron chi connectivity index (χ2n) is 6.85. The normalized spacial score (nSPS) is 10.0. The number of H-pyrrole nitrogens is 1. The number of halogens is 3. The number of nitrogens with zero attached hydrogens (tertiary/aromatic N) is 3. The van der Waals surface area contributed by atoms with E-state index >= 15 is 0 Å². The van der Waals surface area contributed by atoms with Gasteiger partial charge in [-0.1, -0.05) is 54.6 Å². The number of fused-ring (bicyclic) bond motifs is 1. The monoisotopic (exact) mass is 485 g/mol. The molecular weight excluding hydrogens is 465 g/mol. The highest BCUT2D eigenvalue weighted by molar-refractivity contribution is 5.97. The molecule has 3 N–H and O–H groups in total. The van der Waals surface area contributed by atoms with Crippen LogP contribution in [0.4, 0.5) is 0 Å². The number of benzene rings is 2. The highest BCUT2D eigenvalue weighted by Gasteiger charge is 2.15. The summed E-state index contributed by atoms with van der Waals surface area (Å²) in [6.45, 7) is 0.524. The van der Waals surface area contributed by atoms with Crippen LogP contribution >= 0.6 is 37.2 Å². The number of pyridine rings is 2. The van der Waals surface area contributed by atoms with Gasteiger partial charge in [0, 0.05) is 35.5 Å². The molecule has 5 rings (SSSR count). The SMILES string of the molecule is Cl.Cl.Cl.NCc1ccc(-c2nc3ccnc(-c4ccn[nH]4)c3cc2-c2ccccc2)cc1. The fourth-order valence-electron chi connectivity index (χ4n) is 3.56. The van der Waals surface area contributed by atoms with Crippen LogP contribution in [0.1, 0.15) is 5.56 Å². The van der Waals surface area contributed by atoms with Crippen LogP contribution in [0, 0.1) is 0 Å². The minimum atomic E-state index is 0. The van der Waals surface area contributed by atoms with Crippen LogP contribution in [0.3, 0.4) is 0 Å². The van der Waals surface area contributed by atoms with Crippen molar-refractivity contribution in [3.63, 3.8) is 0 Å². The van der Waals surface area contributed by atoms with E-state index < -0.39 is 0 Å². The summed E-state index contributed by atoms with van der Waals surface area (Å²) in [7, 11) is 0. The van der Waals surface area contributed by atoms with Crippen LogP contribution < -0.4 is 5.73 Å². The molecule has 0 atom stereocenters. The molecule has 0 aliphatic rings. The largest absolute Gasteiger partial charge is 0.326 e. The molecule has 0 aliphatic heterocycles. The number of hydrogen-bond donors (Lipinski definition) is 2. The van der Waals surface area contributed by atoms with Gasteiger partial charge in [-0.05, 0) is 29.3 Å². The lowest BCUT2D eigenvalue weighted by Gasteiger charge is -2.13. The van der Waals surface area contributed by atoms with E-state index in [1.165, 1.54) is 0 Å². The van der Waals surface area contributed by atoms with Crippen molar-refractivity contribution in [3.05, 3.63) is 90.8 Å². The van der Waals surface area contributed by atoms with E-state index in [9.17, 15) is 0 Å². The summed E-state index contributed by atoms with van der Waals surface area (Å²) < 4.78 is 0. The Hall–Kier alpha value is -2.96. The Bertz CT molecular complexity index is 1270. The van der Waals surface area contributed by atoms with E-state index in [0.717, 1.165) is 50.2 Å². The molecule has 0 fully saturated rings. The van der Waals surface area contributed by atoms with Crippen molar-refractivity contribution < 1.29 is 0 Å². The standard InChI is InChI=1S/C24H19N5.3ClH/c25-15-16-6-8-18(9-7-16)23-19(17-4-2-1-3-5-17)14-20-21(28-23)10-12-26-24(20)22-11-13-27-29-22;;;/h1-14H,15,25H2,(H,27,29);3*1H. The predicted molar refractivity (Wildman–Crippen MR) is 138 cm³/mol. The quantitative estimate of drug-likeness (QED) is 0.323. The number of nitrogens with two attached hydrogens (primary N) is 1. The van der Waals surface area contributed by atoms with Crippen LogP contribution in [0.5, 0.6) is 0 Å². The minimum absolute atomic E-state index is 0. The molecule has 0 bridgehead atoms. The molecule has 0 amide bonds. The molecule has 3 aromatic heterocycles. The average molecular weight is 487 g/mol. The first-order valence-corrected chi connectivity index (χ1v) is 9.48. The third-order valence-corrected chi connectivity index (χ3v) is 5.05. The van der Waals surface area contributed by atoms with Gasteiger partial charge in [0.1, 0.15) is 0 Å². The topological polar surface area (TPSA) is 80.5 Å². The first-order chi connectivity index (χ1) is 14.3. The summed E-state index contributed by atoms with van der Waals surface area (Å²) in [5.74, 6) is 0. The van der Waals surface area contributed by atoms with Crippen LogP contribution in [0.25, 0.3) is 44.7 Å². The molecular formula is C24H22Cl3N5. The lowest BCUT2D eigenvalue weighted by molar-refractivity contribution is 1.07. The zero-order chi connectivity index (χ0) is 19.6. The molecule has 0 radical (unpaired) electrons. The Balaban J connectivity index is 0.00000121. The summed E-state index contributed by atoms with van der Waals surface area (Å²) in [6, 6.07) is 24.6. The van der Waals surface area contributed by atoms with E-state index in [-0.39, 0.29) is 37.2 Å². The van der Waals surface area contributed by atoms with Gasteiger partial charge >= 0.3 is 0 Å². The van der Waals surface area contributed by atoms with E-state index in [2.05, 4.69) is 57.6 Å². The Labute approximate surface area is 204 Å². The maximum atomic E-state index is 5.77. The summed E-state index contributed by atoms with van der Waals surface area (Å²) in [4.78, 5) is 9.63. The van der Waals surface area contributed by atoms with E-state index in [1.54, 1.807) is 12.4 Å². The molecule has 0 aliphatic carbocycles. The minimum Gasteiger partial charge on any atom is -0.326 e. The van der Waals surface area contributed by atoms with Gasteiger partial charge in [-0.15, -0.1) is 37.2 Å². The Morgan fingerprint density at radius 2 is 1.50 bits per heavy atom. The maximum Gasteiger partial charge on any atom is 0.0974 e. The van der Waals surface area contributed by atoms with Crippen molar-refractivity contribution in [1.82, 2.24) is 20.2 Å². The summed E-state index contributed by atoms with van der Waals surface area (Å²) in [5, 5.41) is 8.07. The Morgan fingerprint density at radius 1 is 0.750 bits per heavy atom. The molecule has 32 heavy (non-hydrogen) atoms. The molecule has 0 spiro atoms. The van der Waals surface area contributed by atoms with Crippen LogP contribution in [0.2, 0.25) is 0 Å². The first-order valence-electron chi connectivity index (χ1n) is 9.48. The molecule has 2 aromatic carbocycles. The van der Waals surface area contributed by atoms with Gasteiger partial charge in [-0.2, -0.15) is 5.10 Å². The fraction of sp³-hybridized carbons (Fsp3) is 0.0417. The third-order valence-electron chi connectivity index (χ3n) is 5.05. The lowest BCUT2D eigenvalue weighted by Crippen LogP contribution is -1.97. The number of aromatic nitrogens is 4. The van der Waals surface area contributed by atoms with Crippen molar-refractivity contribution in [2.75, 3.05) is 0 Å². The fourth-order valence-corrected chi connectivity index (χ4v) is 3.56. The smallest absolute Gasteiger partial charge is 0.0974 e. The molecule has 3 heterocycles. The van der Waals surface area contributed by atoms with Crippen LogP contribution in [-0.2, 0) is 6.54 Å². The molecule has 164 valence electrons. The van der Waals surface area contributed by atoms with Gasteiger partial charge in [0.15, 0.2) is 0 Å². The van der Waals surface area contributed by atoms with Crippen molar-refractivity contribution >= 4 is 48.1 Å². The van der Waals surface area contributed by atoms with Gasteiger partial charge in [-0.3, -0.25) is 10.1 Å². The second kappa shape index (κ2) is 11.1. The van der Waals surface area contributed by atoms with Crippen molar-refractivity contribution in [2.24, 2.45) is 5.73 Å². The van der Waals surface area contributed by atoms with E-state index in [4.69, 9.17) is 10.7 Å². The third kappa shape index (κ3) is 4.76. The van der Waals surface area contributed by atoms with Gasteiger partial charge in [0.2, 0.25) is 0 Å². The van der Waals surface area contributed by atoms with Crippen molar-refractivity contribution in [1.29, 1.82) is 0 Å². The second-order valence-corrected chi connectivity index (χ2v) is 6.85. The van der Waals surface area contributed by atoms with Gasteiger partial charge in [0.25, 0.3) is 0 Å². The number of aromatic amines is 1. The first kappa shape index (κ1) is 25.3. The molecule has 8 heteroatoms. The number of nitrogens with one attached hydrogen (secondary N) is 1. The Morgan fingerprint density at radius 3 is 2.16 bits per heavy atom. The van der Waals surface area contributed by atoms with Gasteiger partial charge < -0.3 is 5.73 Å². The zero-order valence-electron chi connectivity index (χ0n) is 16.9. The molecule has 0 saturated heterocycles. The lowest BCUT2D eigenvalue weighted by atomic mass is 9.96. The van der Waals surface area contributed by atoms with Crippen molar-refractivity contribution in [2.45, 2.75) is 6.54 Å². The molecule has 0 unspecified atom stereocenters. The van der Waals surface area contributed by atoms with Crippen molar-refractivity contribution in [3.8, 4) is 33.8 Å². The zero-order valence-corrected chi connectivity index (χ0v) is 19.4. The van der Waals surface area contributed by atoms with E-state index in [0.29, 0.717) is 6.54 Å². The van der Waals surface area contributed by atoms with Crippen LogP contribution in [0.15, 0.2) is 85.2 Å². The Kier molecular flexibility index (Phi) is 8.75. The highest BCUT2D eigenvalue weighted by atomic mass is 35.5. The summed E-state index contributed by atoms with van der Waals surface area (Å²) in [6.07, 6.45) is 3.52. The molecule has 0 saturated carbocycles. The average Bonchev–Trinajstić information content (AvgIpc) is 3.33. The van der Waals surface area contributed by atoms with Crippen LogP contribution in [-0.4, -0.2) is 20.2 Å². The highest BCUT2D eigenvalue weighted by Crippen LogP contribution is 2.35. The number of rotatable bonds is 4. The summed E-state index contributed by atoms with van der Waals surface area (Å²) in [5.41, 5.74) is 13.6. The predicted octanol–water partition coefficient (Wildman–Crippen LogP) is 6.08. The number of hydrogen-bond acceptors (Lipinski definition) is 4. The van der Waals surface area contributed by atoms with E-state index in [1.807, 2.05) is 30.3 Å². The summed E-state index contributed by atoms with van der Waals surface area (Å²) >= 11 is 0. The maximum absolute atomic E-state index is 5.77. The van der Waals surface area contributed by atoms with Gasteiger partial charge in [0.05, 0.1) is 22.6 Å².